The number of nitrogens with zero attached hydrogens (tertiary/aromatic N) is 8. The molecule has 0 aromatic carbocycles. The van der Waals surface area contributed by atoms with Crippen LogP contribution in [0.1, 0.15) is 40.4 Å². The van der Waals surface area contributed by atoms with Gasteiger partial charge in [-0.15, -0.1) is 23.4 Å². The zero-order chi connectivity index (χ0) is 26.6. The van der Waals surface area contributed by atoms with E-state index >= 15 is 0 Å². The number of rotatable bonds is 5. The molecule has 6 heterocycles. The molecule has 17 heteroatoms. The molecule has 1 atom stereocenters. The molecule has 0 saturated carbocycles. The highest BCUT2D eigenvalue weighted by Gasteiger charge is 2.39. The second-order valence-electron chi connectivity index (χ2n) is 8.11. The number of imidazole rings is 1. The van der Waals surface area contributed by atoms with Crippen LogP contribution in [-0.2, 0) is 6.42 Å². The van der Waals surface area contributed by atoms with E-state index in [0.717, 1.165) is 12.3 Å². The predicted octanol–water partition coefficient (Wildman–Crippen LogP) is 3.39. The number of hydrogen-bond donors (Lipinski definition) is 1. The van der Waals surface area contributed by atoms with Crippen molar-refractivity contribution < 1.29 is 35.9 Å². The molecule has 0 saturated heterocycles. The molecule has 6 rings (SSSR count). The maximum Gasteiger partial charge on any atom is 0.573 e. The van der Waals surface area contributed by atoms with Gasteiger partial charge in [-0.25, -0.2) is 14.2 Å². The van der Waals surface area contributed by atoms with Crippen LogP contribution in [0.5, 0.6) is 5.75 Å². The Morgan fingerprint density at radius 3 is 2.79 bits per heavy atom. The van der Waals surface area contributed by atoms with E-state index in [1.807, 2.05) is 0 Å². The van der Waals surface area contributed by atoms with E-state index in [9.17, 15) is 26.7 Å². The van der Waals surface area contributed by atoms with Crippen molar-refractivity contribution in [2.24, 2.45) is 0 Å². The van der Waals surface area contributed by atoms with Crippen LogP contribution in [-0.4, -0.2) is 63.3 Å². The monoisotopic (exact) mass is 535 g/mol. The topological polar surface area (TPSA) is 132 Å². The zero-order valence-corrected chi connectivity index (χ0v) is 18.8. The van der Waals surface area contributed by atoms with Crippen molar-refractivity contribution in [1.29, 1.82) is 0 Å². The molecule has 5 aromatic heterocycles. The van der Waals surface area contributed by atoms with Crippen molar-refractivity contribution in [2.45, 2.75) is 25.4 Å². The van der Waals surface area contributed by atoms with Gasteiger partial charge in [0.2, 0.25) is 0 Å². The van der Waals surface area contributed by atoms with Gasteiger partial charge in [-0.3, -0.25) is 4.79 Å². The summed E-state index contributed by atoms with van der Waals surface area (Å²) < 4.78 is 75.6. The van der Waals surface area contributed by atoms with Gasteiger partial charge in [0, 0.05) is 31.1 Å². The number of aromatic amines is 1. The van der Waals surface area contributed by atoms with Gasteiger partial charge in [0.1, 0.15) is 17.3 Å². The number of ether oxygens (including phenoxy) is 1. The Kier molecular flexibility index (Phi) is 5.35. The molecule has 1 amide bonds. The predicted molar refractivity (Wildman–Crippen MR) is 114 cm³/mol. The van der Waals surface area contributed by atoms with Crippen LogP contribution in [0, 0.1) is 0 Å². The highest BCUT2D eigenvalue weighted by Crippen LogP contribution is 2.36. The van der Waals surface area contributed by atoms with Crippen molar-refractivity contribution in [3.8, 4) is 17.3 Å². The Balaban J connectivity index is 1.37. The number of amides is 1. The molecule has 0 bridgehead atoms. The molecule has 1 aliphatic rings. The Labute approximate surface area is 207 Å². The molecule has 1 N–H and O–H groups in total. The van der Waals surface area contributed by atoms with Gasteiger partial charge in [0.05, 0.1) is 17.7 Å². The molecular formula is C21H14F5N9O3. The lowest BCUT2D eigenvalue weighted by atomic mass is 9.99. The van der Waals surface area contributed by atoms with E-state index in [1.54, 1.807) is 0 Å². The number of halogens is 5. The first-order valence-corrected chi connectivity index (χ1v) is 10.9. The van der Waals surface area contributed by atoms with Crippen LogP contribution >= 0.6 is 0 Å². The molecule has 12 nitrogen and oxygen atoms in total. The average molecular weight is 535 g/mol. The second kappa shape index (κ2) is 8.63. The third kappa shape index (κ3) is 4.10. The number of nitrogens with one attached hydrogen (secondary N) is 1. The normalized spacial score (nSPS) is 15.8. The summed E-state index contributed by atoms with van der Waals surface area (Å²) in [7, 11) is 0. The van der Waals surface area contributed by atoms with Crippen molar-refractivity contribution in [3.63, 3.8) is 0 Å². The van der Waals surface area contributed by atoms with Crippen LogP contribution in [0.4, 0.5) is 22.0 Å². The van der Waals surface area contributed by atoms with Gasteiger partial charge < -0.3 is 19.0 Å². The Hall–Kier alpha value is -4.83. The molecule has 0 spiro atoms. The largest absolute Gasteiger partial charge is 0.573 e. The number of hydrogen-bond acceptors (Lipinski definition) is 8. The summed E-state index contributed by atoms with van der Waals surface area (Å²) in [6.45, 7) is -2.73. The molecule has 38 heavy (non-hydrogen) atoms. The summed E-state index contributed by atoms with van der Waals surface area (Å²) >= 11 is 0. The number of carbonyl (C=O) groups excluding carboxylic acids is 1. The Morgan fingerprint density at radius 1 is 1.18 bits per heavy atom. The lowest BCUT2D eigenvalue weighted by Crippen LogP contribution is -2.41. The molecule has 1 aliphatic heterocycles. The molecule has 0 unspecified atom stereocenters. The first-order chi connectivity index (χ1) is 18.2. The minimum absolute atomic E-state index is 0.0181. The summed E-state index contributed by atoms with van der Waals surface area (Å²) in [5, 5.41) is 15.5. The maximum absolute atomic E-state index is 13.5. The van der Waals surface area contributed by atoms with E-state index in [0.29, 0.717) is 22.5 Å². The van der Waals surface area contributed by atoms with Gasteiger partial charge in [-0.05, 0) is 24.3 Å². The minimum Gasteiger partial charge on any atom is -0.411 e. The Bertz CT molecular complexity index is 1640. The van der Waals surface area contributed by atoms with Crippen molar-refractivity contribution in [3.05, 3.63) is 66.0 Å². The number of pyridine rings is 1. The van der Waals surface area contributed by atoms with E-state index < -0.39 is 36.5 Å². The van der Waals surface area contributed by atoms with Crippen molar-refractivity contribution >= 4 is 11.4 Å². The summed E-state index contributed by atoms with van der Waals surface area (Å²) in [6.07, 6.45) is -0.650. The summed E-state index contributed by atoms with van der Waals surface area (Å²) in [4.78, 5) is 22.1. The lowest BCUT2D eigenvalue weighted by Gasteiger charge is -2.32. The third-order valence-electron chi connectivity index (χ3n) is 5.81. The van der Waals surface area contributed by atoms with Gasteiger partial charge in [-0.2, -0.15) is 19.0 Å². The quantitative estimate of drug-likeness (QED) is 0.339. The van der Waals surface area contributed by atoms with Gasteiger partial charge in [-0.1, -0.05) is 0 Å². The van der Waals surface area contributed by atoms with Crippen LogP contribution < -0.4 is 4.74 Å². The van der Waals surface area contributed by atoms with Crippen molar-refractivity contribution in [1.82, 2.24) is 44.5 Å². The van der Waals surface area contributed by atoms with Crippen LogP contribution in [0.25, 0.3) is 17.1 Å². The minimum atomic E-state index is -4.92. The van der Waals surface area contributed by atoms with Crippen LogP contribution in [0.15, 0.2) is 47.4 Å². The fraction of sp³-hybridized carbons (Fsp3) is 0.238. The first kappa shape index (κ1) is 23.6. The van der Waals surface area contributed by atoms with Gasteiger partial charge >= 0.3 is 24.7 Å². The molecule has 0 radical (unpaired) electrons. The number of alkyl halides is 5. The molecule has 0 aliphatic carbocycles. The van der Waals surface area contributed by atoms with E-state index in [1.165, 1.54) is 40.1 Å². The maximum atomic E-state index is 13.5. The number of H-pyrrole nitrogens is 1. The zero-order valence-electron chi connectivity index (χ0n) is 18.8. The highest BCUT2D eigenvalue weighted by molar-refractivity contribution is 5.90. The number of aromatic nitrogens is 8. The van der Waals surface area contributed by atoms with E-state index in [4.69, 9.17) is 4.42 Å². The second-order valence-corrected chi connectivity index (χ2v) is 8.11. The fourth-order valence-electron chi connectivity index (χ4n) is 4.24. The fourth-order valence-corrected chi connectivity index (χ4v) is 4.24. The van der Waals surface area contributed by atoms with Crippen LogP contribution in [0.2, 0.25) is 0 Å². The Morgan fingerprint density at radius 2 is 2.03 bits per heavy atom. The highest BCUT2D eigenvalue weighted by atomic mass is 19.4. The molecule has 0 fully saturated rings. The van der Waals surface area contributed by atoms with Crippen molar-refractivity contribution in [2.75, 3.05) is 6.54 Å². The van der Waals surface area contributed by atoms with Gasteiger partial charge in [0.15, 0.2) is 5.75 Å². The van der Waals surface area contributed by atoms with Crippen LogP contribution in [0.3, 0.4) is 0 Å². The number of fused-ring (bicyclic) bond motifs is 2. The first-order valence-electron chi connectivity index (χ1n) is 10.9. The summed E-state index contributed by atoms with van der Waals surface area (Å²) in [5.74, 6) is -1.89. The van der Waals surface area contributed by atoms with E-state index in [2.05, 4.69) is 35.1 Å². The molecular weight excluding hydrogens is 521 g/mol. The average Bonchev–Trinajstić information content (AvgIpc) is 3.66. The van der Waals surface area contributed by atoms with E-state index in [-0.39, 0.29) is 29.3 Å². The SMILES string of the molecule is O=C(c1nnc(-c2ccn(C(F)F)n2)o1)N1CCc2[nH]cnc2[C@H]1c1cc2c(OC(F)(F)F)cccn2n1. The van der Waals surface area contributed by atoms with Gasteiger partial charge in [0.25, 0.3) is 5.89 Å². The smallest absolute Gasteiger partial charge is 0.411 e. The lowest BCUT2D eigenvalue weighted by molar-refractivity contribution is -0.274. The third-order valence-corrected chi connectivity index (χ3v) is 5.81. The standard InChI is InChI=1S/C21H14F5N9O3/c22-20(23)35-7-4-11(31-35)17-29-30-18(37-17)19(36)33-6-3-10-15(28-9-27-10)16(33)12-8-13-14(38-21(24,25)26)2-1-5-34(13)32-12/h1-2,4-5,7-9,16,20H,3,6H2,(H,27,28)/t16-/m1/s1. The molecule has 196 valence electrons. The summed E-state index contributed by atoms with van der Waals surface area (Å²) in [5.41, 5.74) is 1.32. The number of carbonyl (C=O) groups is 1. The molecule has 5 aromatic rings. The summed E-state index contributed by atoms with van der Waals surface area (Å²) in [6, 6.07) is 4.15.